The molecule has 0 atom stereocenters. The van der Waals surface area contributed by atoms with Crippen molar-refractivity contribution in [2.45, 2.75) is 17.6 Å². The van der Waals surface area contributed by atoms with E-state index in [-0.39, 0.29) is 4.21 Å². The van der Waals surface area contributed by atoms with Crippen LogP contribution in [0.15, 0.2) is 10.3 Å². The molecule has 7 heteroatoms. The van der Waals surface area contributed by atoms with Gasteiger partial charge in [-0.05, 0) is 31.5 Å². The summed E-state index contributed by atoms with van der Waals surface area (Å²) < 4.78 is 26.6. The Morgan fingerprint density at radius 3 is 2.73 bits per heavy atom. The quantitative estimate of drug-likeness (QED) is 0.792. The summed E-state index contributed by atoms with van der Waals surface area (Å²) in [6.45, 7) is 2.60. The van der Waals surface area contributed by atoms with Crippen LogP contribution in [0.4, 0.5) is 0 Å². The number of aryl methyl sites for hydroxylation is 1. The van der Waals surface area contributed by atoms with Crippen LogP contribution in [0, 0.1) is 6.92 Å². The lowest BCUT2D eigenvalue weighted by atomic mass is 10.4. The van der Waals surface area contributed by atoms with Gasteiger partial charge >= 0.3 is 0 Å². The molecule has 1 rings (SSSR count). The van der Waals surface area contributed by atoms with E-state index in [1.165, 1.54) is 0 Å². The Hall–Kier alpha value is -0.140. The van der Waals surface area contributed by atoms with E-state index in [1.54, 1.807) is 13.0 Å². The van der Waals surface area contributed by atoms with E-state index in [0.717, 1.165) is 16.9 Å². The summed E-state index contributed by atoms with van der Waals surface area (Å²) in [7, 11) is -3.41. The first-order valence-electron chi connectivity index (χ1n) is 4.43. The third-order valence-electron chi connectivity index (χ3n) is 1.77. The lowest BCUT2D eigenvalue weighted by Gasteiger charge is -2.02. The summed E-state index contributed by atoms with van der Waals surface area (Å²) in [6.07, 6.45) is 0.622. The first kappa shape index (κ1) is 12.9. The molecule has 0 saturated heterocycles. The van der Waals surface area contributed by atoms with E-state index < -0.39 is 10.0 Å². The first-order valence-corrected chi connectivity index (χ1v) is 7.11. The molecule has 0 aliphatic carbocycles. The molecule has 0 amide bonds. The highest BCUT2D eigenvalue weighted by Crippen LogP contribution is 2.29. The second kappa shape index (κ2) is 5.27. The maximum absolute atomic E-state index is 11.7. The molecule has 4 nitrogen and oxygen atoms in total. The molecule has 0 saturated carbocycles. The van der Waals surface area contributed by atoms with Crippen LogP contribution in [0.2, 0.25) is 4.34 Å². The SMILES string of the molecule is Cc1cc(S(=O)(=O)NCCCN)sc1Cl. The summed E-state index contributed by atoms with van der Waals surface area (Å²) in [5, 5.41) is 0. The zero-order valence-electron chi connectivity index (χ0n) is 8.29. The third kappa shape index (κ3) is 3.42. The minimum absolute atomic E-state index is 0.252. The topological polar surface area (TPSA) is 72.2 Å². The number of hydrogen-bond donors (Lipinski definition) is 2. The number of rotatable bonds is 5. The Morgan fingerprint density at radius 2 is 2.27 bits per heavy atom. The smallest absolute Gasteiger partial charge is 0.250 e. The van der Waals surface area contributed by atoms with Crippen molar-refractivity contribution in [3.05, 3.63) is 16.0 Å². The van der Waals surface area contributed by atoms with Gasteiger partial charge in [0.05, 0.1) is 4.34 Å². The molecule has 3 N–H and O–H groups in total. The molecule has 0 spiro atoms. The molecule has 0 aliphatic heterocycles. The molecule has 1 aromatic heterocycles. The predicted octanol–water partition coefficient (Wildman–Crippen LogP) is 1.34. The molecule has 0 fully saturated rings. The summed E-state index contributed by atoms with van der Waals surface area (Å²) in [5.74, 6) is 0. The van der Waals surface area contributed by atoms with E-state index in [4.69, 9.17) is 17.3 Å². The number of hydrogen-bond acceptors (Lipinski definition) is 4. The van der Waals surface area contributed by atoms with Gasteiger partial charge in [0.25, 0.3) is 0 Å². The van der Waals surface area contributed by atoms with Crippen LogP contribution in [0.5, 0.6) is 0 Å². The van der Waals surface area contributed by atoms with Crippen molar-refractivity contribution in [1.29, 1.82) is 0 Å². The predicted molar refractivity (Wildman–Crippen MR) is 62.9 cm³/mol. The van der Waals surface area contributed by atoms with Gasteiger partial charge in [-0.25, -0.2) is 13.1 Å². The van der Waals surface area contributed by atoms with Gasteiger partial charge in [0.1, 0.15) is 4.21 Å². The third-order valence-corrected chi connectivity index (χ3v) is 5.26. The van der Waals surface area contributed by atoms with Crippen molar-refractivity contribution in [1.82, 2.24) is 4.72 Å². The molecule has 0 unspecified atom stereocenters. The molecule has 0 aliphatic rings. The molecular weight excluding hydrogens is 256 g/mol. The summed E-state index contributed by atoms with van der Waals surface area (Å²) in [4.78, 5) is 0. The van der Waals surface area contributed by atoms with Gasteiger partial charge in [0, 0.05) is 6.54 Å². The molecule has 0 bridgehead atoms. The Bertz CT molecular complexity index is 408. The summed E-state index contributed by atoms with van der Waals surface area (Å²) in [5.41, 5.74) is 6.05. The molecule has 0 radical (unpaired) electrons. The number of sulfonamides is 1. The monoisotopic (exact) mass is 268 g/mol. The minimum Gasteiger partial charge on any atom is -0.330 e. The molecular formula is C8H13ClN2O2S2. The Labute approximate surface area is 98.5 Å². The van der Waals surface area contributed by atoms with Crippen LogP contribution in [0.3, 0.4) is 0 Å². The van der Waals surface area contributed by atoms with Crippen LogP contribution in [-0.4, -0.2) is 21.5 Å². The molecule has 0 aromatic carbocycles. The normalized spacial score (nSPS) is 11.9. The van der Waals surface area contributed by atoms with Crippen molar-refractivity contribution in [2.75, 3.05) is 13.1 Å². The highest BCUT2D eigenvalue weighted by atomic mass is 35.5. The fraction of sp³-hybridized carbons (Fsp3) is 0.500. The summed E-state index contributed by atoms with van der Waals surface area (Å²) >= 11 is 6.87. The van der Waals surface area contributed by atoms with Crippen molar-refractivity contribution in [3.63, 3.8) is 0 Å². The maximum atomic E-state index is 11.7. The van der Waals surface area contributed by atoms with Crippen molar-refractivity contribution >= 4 is 33.0 Å². The van der Waals surface area contributed by atoms with Crippen LogP contribution in [-0.2, 0) is 10.0 Å². The van der Waals surface area contributed by atoms with Gasteiger partial charge in [-0.2, -0.15) is 0 Å². The van der Waals surface area contributed by atoms with Crippen LogP contribution in [0.1, 0.15) is 12.0 Å². The fourth-order valence-corrected chi connectivity index (χ4v) is 3.77. The van der Waals surface area contributed by atoms with Crippen molar-refractivity contribution in [2.24, 2.45) is 5.73 Å². The standard InChI is InChI=1S/C8H13ClN2O2S2/c1-6-5-7(14-8(6)9)15(12,13)11-4-2-3-10/h5,11H,2-4,10H2,1H3. The van der Waals surface area contributed by atoms with E-state index in [1.807, 2.05) is 0 Å². The highest BCUT2D eigenvalue weighted by Gasteiger charge is 2.17. The Morgan fingerprint density at radius 1 is 1.60 bits per heavy atom. The highest BCUT2D eigenvalue weighted by molar-refractivity contribution is 7.91. The number of nitrogens with one attached hydrogen (secondary N) is 1. The lowest BCUT2D eigenvalue weighted by molar-refractivity contribution is 0.581. The molecule has 86 valence electrons. The molecule has 1 aromatic rings. The Balaban J connectivity index is 2.77. The van der Waals surface area contributed by atoms with Crippen LogP contribution >= 0.6 is 22.9 Å². The van der Waals surface area contributed by atoms with E-state index in [9.17, 15) is 8.42 Å². The zero-order valence-corrected chi connectivity index (χ0v) is 10.7. The number of halogens is 1. The summed E-state index contributed by atoms with van der Waals surface area (Å²) in [6, 6.07) is 1.57. The maximum Gasteiger partial charge on any atom is 0.250 e. The number of thiophene rings is 1. The van der Waals surface area contributed by atoms with Crippen LogP contribution in [0.25, 0.3) is 0 Å². The van der Waals surface area contributed by atoms with E-state index >= 15 is 0 Å². The van der Waals surface area contributed by atoms with Gasteiger partial charge in [0.15, 0.2) is 0 Å². The van der Waals surface area contributed by atoms with Crippen LogP contribution < -0.4 is 10.5 Å². The first-order chi connectivity index (χ1) is 6.97. The van der Waals surface area contributed by atoms with E-state index in [0.29, 0.717) is 23.8 Å². The van der Waals surface area contributed by atoms with Gasteiger partial charge in [0.2, 0.25) is 10.0 Å². The fourth-order valence-electron chi connectivity index (χ4n) is 0.944. The van der Waals surface area contributed by atoms with Gasteiger partial charge in [-0.3, -0.25) is 0 Å². The lowest BCUT2D eigenvalue weighted by Crippen LogP contribution is -2.25. The van der Waals surface area contributed by atoms with Crippen molar-refractivity contribution < 1.29 is 8.42 Å². The number of nitrogens with two attached hydrogens (primary N) is 1. The minimum atomic E-state index is -3.41. The average molecular weight is 269 g/mol. The van der Waals surface area contributed by atoms with Crippen molar-refractivity contribution in [3.8, 4) is 0 Å². The Kier molecular flexibility index (Phi) is 4.54. The van der Waals surface area contributed by atoms with Gasteiger partial charge in [-0.15, -0.1) is 11.3 Å². The largest absolute Gasteiger partial charge is 0.330 e. The molecule has 1 heterocycles. The second-order valence-electron chi connectivity index (χ2n) is 3.06. The van der Waals surface area contributed by atoms with Gasteiger partial charge < -0.3 is 5.73 Å². The second-order valence-corrected chi connectivity index (χ2v) is 6.71. The average Bonchev–Trinajstić information content (AvgIpc) is 2.48. The molecule has 15 heavy (non-hydrogen) atoms. The van der Waals surface area contributed by atoms with E-state index in [2.05, 4.69) is 4.72 Å². The van der Waals surface area contributed by atoms with Gasteiger partial charge in [-0.1, -0.05) is 11.6 Å². The zero-order chi connectivity index (χ0) is 11.5.